The number of non-ortho nitro benzene ring substituents is 1. The first-order valence-electron chi connectivity index (χ1n) is 9.05. The van der Waals surface area contributed by atoms with Crippen molar-refractivity contribution in [2.24, 2.45) is 4.99 Å². The zero-order chi connectivity index (χ0) is 21.7. The first kappa shape index (κ1) is 21.3. The van der Waals surface area contributed by atoms with Gasteiger partial charge in [0, 0.05) is 24.2 Å². The van der Waals surface area contributed by atoms with Crippen molar-refractivity contribution >= 4 is 40.1 Å². The van der Waals surface area contributed by atoms with Crippen molar-refractivity contribution in [1.82, 2.24) is 5.32 Å². The molecule has 0 aromatic heterocycles. The number of benzene rings is 2. The number of thioether (sulfide) groups is 1. The molecule has 2 aromatic carbocycles. The van der Waals surface area contributed by atoms with Gasteiger partial charge >= 0.3 is 0 Å². The third-order valence-electron chi connectivity index (χ3n) is 4.41. The van der Waals surface area contributed by atoms with Crippen LogP contribution in [-0.2, 0) is 16.1 Å². The molecule has 1 saturated heterocycles. The summed E-state index contributed by atoms with van der Waals surface area (Å²) >= 11 is 1.18. The number of nitro benzene ring substituents is 1. The Balaban J connectivity index is 1.66. The van der Waals surface area contributed by atoms with E-state index in [9.17, 15) is 19.7 Å². The monoisotopic (exact) mass is 428 g/mol. The smallest absolute Gasteiger partial charge is 0.269 e. The number of amidine groups is 1. The van der Waals surface area contributed by atoms with E-state index in [0.717, 1.165) is 11.3 Å². The molecule has 0 unspecified atom stereocenters. The lowest BCUT2D eigenvalue weighted by atomic mass is 10.1. The number of nitro groups is 1. The van der Waals surface area contributed by atoms with Gasteiger partial charge in [-0.1, -0.05) is 23.9 Å². The van der Waals surface area contributed by atoms with Gasteiger partial charge in [0.15, 0.2) is 5.17 Å². The zero-order valence-electron chi connectivity index (χ0n) is 16.4. The number of aryl methyl sites for hydroxylation is 1. The number of hydrogen-bond donors (Lipinski definition) is 2. The van der Waals surface area contributed by atoms with E-state index >= 15 is 0 Å². The molecule has 1 atom stereocenters. The van der Waals surface area contributed by atoms with Gasteiger partial charge in [0.05, 0.1) is 18.6 Å². The second kappa shape index (κ2) is 9.40. The predicted octanol–water partition coefficient (Wildman–Crippen LogP) is 3.03. The van der Waals surface area contributed by atoms with Crippen LogP contribution in [0.25, 0.3) is 0 Å². The number of aliphatic imine (C=N–C) groups is 1. The molecule has 0 saturated carbocycles. The maximum atomic E-state index is 12.7. The molecule has 156 valence electrons. The minimum absolute atomic E-state index is 0.0179. The SMILES string of the molecule is COc1ccc(CN=C2NC(=O)C[C@@H](C(=O)Nc3ccc([N+](=O)[O-])cc3C)S2)cc1. The van der Waals surface area contributed by atoms with Crippen molar-refractivity contribution in [3.05, 3.63) is 63.7 Å². The Hall–Kier alpha value is -3.40. The maximum absolute atomic E-state index is 12.7. The first-order chi connectivity index (χ1) is 14.4. The molecule has 1 fully saturated rings. The maximum Gasteiger partial charge on any atom is 0.269 e. The van der Waals surface area contributed by atoms with Crippen LogP contribution in [0, 0.1) is 17.0 Å². The van der Waals surface area contributed by atoms with E-state index < -0.39 is 10.2 Å². The minimum Gasteiger partial charge on any atom is -0.497 e. The highest BCUT2D eigenvalue weighted by Crippen LogP contribution is 2.25. The number of amides is 2. The largest absolute Gasteiger partial charge is 0.497 e. The standard InChI is InChI=1S/C20H20N4O5S/c1-12-9-14(24(27)28)5-8-16(12)22-19(26)17-10-18(25)23-20(30-17)21-11-13-3-6-15(29-2)7-4-13/h3-9,17H,10-11H2,1-2H3,(H,22,26)(H,21,23,25)/t17-/m0/s1. The fourth-order valence-electron chi connectivity index (χ4n) is 2.78. The second-order valence-electron chi connectivity index (χ2n) is 6.57. The molecule has 3 rings (SSSR count). The van der Waals surface area contributed by atoms with Crippen molar-refractivity contribution in [3.63, 3.8) is 0 Å². The van der Waals surface area contributed by atoms with Crippen LogP contribution in [0.3, 0.4) is 0 Å². The van der Waals surface area contributed by atoms with Crippen LogP contribution in [-0.4, -0.2) is 34.3 Å². The van der Waals surface area contributed by atoms with Gasteiger partial charge in [0.2, 0.25) is 11.8 Å². The van der Waals surface area contributed by atoms with Crippen molar-refractivity contribution in [1.29, 1.82) is 0 Å². The molecular formula is C20H20N4O5S. The van der Waals surface area contributed by atoms with Crippen molar-refractivity contribution < 1.29 is 19.2 Å². The fraction of sp³-hybridized carbons (Fsp3) is 0.250. The molecule has 30 heavy (non-hydrogen) atoms. The molecule has 0 aliphatic carbocycles. The van der Waals surface area contributed by atoms with Crippen LogP contribution in [0.4, 0.5) is 11.4 Å². The van der Waals surface area contributed by atoms with E-state index in [2.05, 4.69) is 15.6 Å². The zero-order valence-corrected chi connectivity index (χ0v) is 17.2. The Kier molecular flexibility index (Phi) is 6.68. The van der Waals surface area contributed by atoms with Gasteiger partial charge in [-0.15, -0.1) is 0 Å². The van der Waals surface area contributed by atoms with Gasteiger partial charge in [-0.05, 0) is 36.2 Å². The fourth-order valence-corrected chi connectivity index (χ4v) is 3.76. The topological polar surface area (TPSA) is 123 Å². The van der Waals surface area contributed by atoms with Gasteiger partial charge in [-0.2, -0.15) is 0 Å². The lowest BCUT2D eigenvalue weighted by molar-refractivity contribution is -0.384. The van der Waals surface area contributed by atoms with Gasteiger partial charge in [0.25, 0.3) is 5.69 Å². The van der Waals surface area contributed by atoms with Crippen LogP contribution in [0.5, 0.6) is 5.75 Å². The summed E-state index contributed by atoms with van der Waals surface area (Å²) in [6.07, 6.45) is 0.0179. The van der Waals surface area contributed by atoms with Crippen LogP contribution >= 0.6 is 11.8 Å². The average Bonchev–Trinajstić information content (AvgIpc) is 2.73. The number of anilines is 1. The molecule has 0 bridgehead atoms. The molecule has 0 spiro atoms. The molecule has 1 aliphatic rings. The third kappa shape index (κ3) is 5.35. The normalized spacial score (nSPS) is 17.3. The number of carbonyl (C=O) groups excluding carboxylic acids is 2. The summed E-state index contributed by atoms with van der Waals surface area (Å²) < 4.78 is 5.12. The van der Waals surface area contributed by atoms with Crippen LogP contribution in [0.15, 0.2) is 47.5 Å². The molecule has 9 nitrogen and oxygen atoms in total. The minimum atomic E-state index is -0.650. The van der Waals surface area contributed by atoms with E-state index in [1.807, 2.05) is 24.3 Å². The summed E-state index contributed by atoms with van der Waals surface area (Å²) in [6.45, 7) is 2.02. The van der Waals surface area contributed by atoms with Gasteiger partial charge in [-0.3, -0.25) is 24.7 Å². The Morgan fingerprint density at radius 2 is 2.07 bits per heavy atom. The lowest BCUT2D eigenvalue weighted by Crippen LogP contribution is -2.42. The number of hydrogen-bond acceptors (Lipinski definition) is 7. The highest BCUT2D eigenvalue weighted by molar-refractivity contribution is 8.15. The Labute approximate surface area is 177 Å². The number of carbonyl (C=O) groups is 2. The molecule has 2 N–H and O–H groups in total. The van der Waals surface area contributed by atoms with Gasteiger partial charge in [0.1, 0.15) is 11.0 Å². The van der Waals surface area contributed by atoms with Crippen LogP contribution in [0.1, 0.15) is 17.5 Å². The first-order valence-corrected chi connectivity index (χ1v) is 9.93. The van der Waals surface area contributed by atoms with Crippen LogP contribution in [0.2, 0.25) is 0 Å². The molecule has 1 heterocycles. The van der Waals surface area contributed by atoms with Crippen molar-refractivity contribution in [2.75, 3.05) is 12.4 Å². The number of rotatable bonds is 6. The summed E-state index contributed by atoms with van der Waals surface area (Å²) in [5, 5.41) is 16.0. The number of methoxy groups -OCH3 is 1. The van der Waals surface area contributed by atoms with Crippen molar-refractivity contribution in [2.45, 2.75) is 25.1 Å². The number of ether oxygens (including phenoxy) is 1. The molecule has 1 aliphatic heterocycles. The molecule has 2 aromatic rings. The number of nitrogens with zero attached hydrogens (tertiary/aromatic N) is 2. The van der Waals surface area contributed by atoms with E-state index in [1.165, 1.54) is 30.0 Å². The van der Waals surface area contributed by atoms with Gasteiger partial charge in [-0.25, -0.2) is 0 Å². The highest BCUT2D eigenvalue weighted by Gasteiger charge is 2.30. The lowest BCUT2D eigenvalue weighted by Gasteiger charge is -2.22. The summed E-state index contributed by atoms with van der Waals surface area (Å²) in [6, 6.07) is 11.6. The predicted molar refractivity (Wildman–Crippen MR) is 115 cm³/mol. The molecular weight excluding hydrogens is 408 g/mol. The Morgan fingerprint density at radius 1 is 1.33 bits per heavy atom. The molecule has 10 heteroatoms. The Bertz CT molecular complexity index is 1010. The second-order valence-corrected chi connectivity index (χ2v) is 7.77. The van der Waals surface area contributed by atoms with Crippen LogP contribution < -0.4 is 15.4 Å². The molecule has 2 amide bonds. The van der Waals surface area contributed by atoms with E-state index in [-0.39, 0.29) is 23.9 Å². The Morgan fingerprint density at radius 3 is 2.70 bits per heavy atom. The summed E-state index contributed by atoms with van der Waals surface area (Å²) in [5.41, 5.74) is 1.92. The summed E-state index contributed by atoms with van der Waals surface area (Å²) in [4.78, 5) is 39.5. The van der Waals surface area contributed by atoms with E-state index in [0.29, 0.717) is 23.0 Å². The highest BCUT2D eigenvalue weighted by atomic mass is 32.2. The average molecular weight is 428 g/mol. The number of nitrogens with one attached hydrogen (secondary N) is 2. The van der Waals surface area contributed by atoms with Gasteiger partial charge < -0.3 is 15.4 Å². The molecule has 0 radical (unpaired) electrons. The summed E-state index contributed by atoms with van der Waals surface area (Å²) in [5.74, 6) is 0.0942. The van der Waals surface area contributed by atoms with Crippen molar-refractivity contribution in [3.8, 4) is 5.75 Å². The van der Waals surface area contributed by atoms with E-state index in [4.69, 9.17) is 4.74 Å². The van der Waals surface area contributed by atoms with E-state index in [1.54, 1.807) is 14.0 Å². The summed E-state index contributed by atoms with van der Waals surface area (Å²) in [7, 11) is 1.59. The quantitative estimate of drug-likeness (QED) is 0.539. The third-order valence-corrected chi connectivity index (χ3v) is 5.53.